The zero-order valence-corrected chi connectivity index (χ0v) is 7.68. The first-order chi connectivity index (χ1) is 5.53. The molecule has 0 spiro atoms. The Labute approximate surface area is 70.8 Å². The van der Waals surface area contributed by atoms with Crippen LogP contribution in [0.1, 0.15) is 11.5 Å². The van der Waals surface area contributed by atoms with Crippen LogP contribution in [0.2, 0.25) is 0 Å². The molecule has 0 fully saturated rings. The Kier molecular flexibility index (Phi) is 2.49. The van der Waals surface area contributed by atoms with E-state index in [1.165, 1.54) is 7.05 Å². The Morgan fingerprint density at radius 1 is 1.67 bits per heavy atom. The summed E-state index contributed by atoms with van der Waals surface area (Å²) in [5, 5.41) is 3.57. The normalized spacial score (nSPS) is 11.8. The lowest BCUT2D eigenvalue weighted by Crippen LogP contribution is -2.20. The highest BCUT2D eigenvalue weighted by Gasteiger charge is 2.11. The molecule has 0 unspecified atom stereocenters. The molecule has 0 aliphatic carbocycles. The maximum atomic E-state index is 11.0. The van der Waals surface area contributed by atoms with Crippen molar-refractivity contribution in [3.8, 4) is 0 Å². The van der Waals surface area contributed by atoms with E-state index in [2.05, 4.69) is 9.88 Å². The van der Waals surface area contributed by atoms with E-state index >= 15 is 0 Å². The molecule has 0 radical (unpaired) electrons. The minimum atomic E-state index is -3.24. The van der Waals surface area contributed by atoms with Gasteiger partial charge in [0, 0.05) is 6.07 Å². The molecular formula is C6H10N2O3S. The third kappa shape index (κ3) is 2.31. The van der Waals surface area contributed by atoms with Gasteiger partial charge in [-0.05, 0) is 14.0 Å². The predicted molar refractivity (Wildman–Crippen MR) is 42.9 cm³/mol. The molecule has 12 heavy (non-hydrogen) atoms. The van der Waals surface area contributed by atoms with Gasteiger partial charge in [0.15, 0.2) is 5.76 Å². The quantitative estimate of drug-likeness (QED) is 0.730. The van der Waals surface area contributed by atoms with E-state index < -0.39 is 10.0 Å². The highest BCUT2D eigenvalue weighted by atomic mass is 32.2. The number of nitrogens with zero attached hydrogens (tertiary/aromatic N) is 1. The monoisotopic (exact) mass is 190 g/mol. The number of aromatic nitrogens is 1. The molecule has 6 heteroatoms. The average Bonchev–Trinajstić information content (AvgIpc) is 2.35. The largest absolute Gasteiger partial charge is 0.360 e. The van der Waals surface area contributed by atoms with Crippen LogP contribution >= 0.6 is 0 Å². The van der Waals surface area contributed by atoms with Gasteiger partial charge in [-0.25, -0.2) is 13.1 Å². The van der Waals surface area contributed by atoms with Gasteiger partial charge in [-0.2, -0.15) is 0 Å². The van der Waals surface area contributed by atoms with Crippen molar-refractivity contribution in [2.75, 3.05) is 7.05 Å². The van der Waals surface area contributed by atoms with Crippen molar-refractivity contribution in [3.63, 3.8) is 0 Å². The first-order valence-corrected chi connectivity index (χ1v) is 5.02. The van der Waals surface area contributed by atoms with E-state index in [1.54, 1.807) is 13.0 Å². The maximum absolute atomic E-state index is 11.0. The van der Waals surface area contributed by atoms with Gasteiger partial charge in [-0.3, -0.25) is 0 Å². The van der Waals surface area contributed by atoms with Crippen LogP contribution < -0.4 is 4.72 Å². The summed E-state index contributed by atoms with van der Waals surface area (Å²) < 4.78 is 28.9. The van der Waals surface area contributed by atoms with Crippen molar-refractivity contribution < 1.29 is 12.9 Å². The molecule has 0 aliphatic heterocycles. The van der Waals surface area contributed by atoms with Crippen LogP contribution in [0.15, 0.2) is 10.6 Å². The standard InChI is InChI=1S/C6H10N2O3S/c1-5-3-6(11-8-5)4-12(9,10)7-2/h3,7H,4H2,1-2H3. The van der Waals surface area contributed by atoms with Gasteiger partial charge in [0.2, 0.25) is 10.0 Å². The van der Waals surface area contributed by atoms with Crippen LogP contribution in [-0.2, 0) is 15.8 Å². The minimum Gasteiger partial charge on any atom is -0.360 e. The molecule has 68 valence electrons. The fourth-order valence-electron chi connectivity index (χ4n) is 0.744. The van der Waals surface area contributed by atoms with Crippen molar-refractivity contribution in [2.24, 2.45) is 0 Å². The van der Waals surface area contributed by atoms with Crippen LogP contribution in [0.25, 0.3) is 0 Å². The Balaban J connectivity index is 2.77. The first kappa shape index (κ1) is 9.21. The Hall–Kier alpha value is -0.880. The number of rotatable bonds is 3. The van der Waals surface area contributed by atoms with Gasteiger partial charge < -0.3 is 4.52 Å². The fourth-order valence-corrected chi connectivity index (χ4v) is 1.40. The molecule has 5 nitrogen and oxygen atoms in total. The van der Waals surface area contributed by atoms with Crippen LogP contribution in [0.4, 0.5) is 0 Å². The smallest absolute Gasteiger partial charge is 0.218 e. The molecule has 0 aromatic carbocycles. The molecule has 0 amide bonds. The molecule has 0 atom stereocenters. The van der Waals surface area contributed by atoms with Crippen molar-refractivity contribution in [1.29, 1.82) is 0 Å². The number of nitrogens with one attached hydrogen (secondary N) is 1. The molecule has 1 rings (SSSR count). The second-order valence-electron chi connectivity index (χ2n) is 2.40. The van der Waals surface area contributed by atoms with Crippen LogP contribution in [0.5, 0.6) is 0 Å². The molecule has 1 heterocycles. The SMILES string of the molecule is CNS(=O)(=O)Cc1cc(C)no1. The summed E-state index contributed by atoms with van der Waals surface area (Å²) in [6.07, 6.45) is 0. The number of sulfonamides is 1. The lowest BCUT2D eigenvalue weighted by atomic mass is 10.4. The van der Waals surface area contributed by atoms with Crippen molar-refractivity contribution in [3.05, 3.63) is 17.5 Å². The molecule has 1 N–H and O–H groups in total. The Morgan fingerprint density at radius 2 is 2.33 bits per heavy atom. The Morgan fingerprint density at radius 3 is 2.75 bits per heavy atom. The Bertz CT molecular complexity index is 355. The van der Waals surface area contributed by atoms with Gasteiger partial charge in [0.05, 0.1) is 5.69 Å². The van der Waals surface area contributed by atoms with Gasteiger partial charge in [0.1, 0.15) is 5.75 Å². The third-order valence-electron chi connectivity index (χ3n) is 1.32. The summed E-state index contributed by atoms with van der Waals surface area (Å²) >= 11 is 0. The fraction of sp³-hybridized carbons (Fsp3) is 0.500. The second kappa shape index (κ2) is 3.24. The summed E-state index contributed by atoms with van der Waals surface area (Å²) in [7, 11) is -1.88. The number of aryl methyl sites for hydroxylation is 1. The van der Waals surface area contributed by atoms with E-state index in [0.717, 1.165) is 0 Å². The van der Waals surface area contributed by atoms with E-state index in [-0.39, 0.29) is 5.75 Å². The lowest BCUT2D eigenvalue weighted by molar-refractivity contribution is 0.388. The molecule has 0 aliphatic rings. The van der Waals surface area contributed by atoms with Crippen LogP contribution in [0.3, 0.4) is 0 Å². The highest BCUT2D eigenvalue weighted by molar-refractivity contribution is 7.88. The molecule has 1 aromatic rings. The molecule has 1 aromatic heterocycles. The highest BCUT2D eigenvalue weighted by Crippen LogP contribution is 2.05. The van der Waals surface area contributed by atoms with Crippen LogP contribution in [0, 0.1) is 6.92 Å². The van der Waals surface area contributed by atoms with Crippen molar-refractivity contribution in [1.82, 2.24) is 9.88 Å². The van der Waals surface area contributed by atoms with E-state index in [0.29, 0.717) is 11.5 Å². The lowest BCUT2D eigenvalue weighted by Gasteiger charge is -1.96. The van der Waals surface area contributed by atoms with Crippen molar-refractivity contribution >= 4 is 10.0 Å². The summed E-state index contributed by atoms with van der Waals surface area (Å²) in [4.78, 5) is 0. The topological polar surface area (TPSA) is 72.2 Å². The minimum absolute atomic E-state index is 0.162. The zero-order chi connectivity index (χ0) is 9.19. The summed E-state index contributed by atoms with van der Waals surface area (Å²) in [5.41, 5.74) is 0.677. The van der Waals surface area contributed by atoms with E-state index in [1.807, 2.05) is 0 Å². The third-order valence-corrected chi connectivity index (χ3v) is 2.61. The van der Waals surface area contributed by atoms with Gasteiger partial charge >= 0.3 is 0 Å². The number of hydrogen-bond acceptors (Lipinski definition) is 4. The van der Waals surface area contributed by atoms with Gasteiger partial charge in [-0.1, -0.05) is 5.16 Å². The predicted octanol–water partition coefficient (Wildman–Crippen LogP) is 0.0322. The summed E-state index contributed by atoms with van der Waals surface area (Å²) in [5.74, 6) is 0.187. The van der Waals surface area contributed by atoms with Crippen molar-refractivity contribution in [2.45, 2.75) is 12.7 Å². The maximum Gasteiger partial charge on any atom is 0.218 e. The molecule has 0 saturated heterocycles. The molecule has 0 bridgehead atoms. The molecule has 0 saturated carbocycles. The number of hydrogen-bond donors (Lipinski definition) is 1. The van der Waals surface area contributed by atoms with E-state index in [9.17, 15) is 8.42 Å². The summed E-state index contributed by atoms with van der Waals surface area (Å²) in [6.45, 7) is 1.74. The zero-order valence-electron chi connectivity index (χ0n) is 6.86. The summed E-state index contributed by atoms with van der Waals surface area (Å²) in [6, 6.07) is 1.59. The average molecular weight is 190 g/mol. The first-order valence-electron chi connectivity index (χ1n) is 3.37. The van der Waals surface area contributed by atoms with E-state index in [4.69, 9.17) is 4.52 Å². The van der Waals surface area contributed by atoms with Gasteiger partial charge in [0.25, 0.3) is 0 Å². The van der Waals surface area contributed by atoms with Crippen LogP contribution in [-0.4, -0.2) is 20.6 Å². The van der Waals surface area contributed by atoms with Gasteiger partial charge in [-0.15, -0.1) is 0 Å². The second-order valence-corrected chi connectivity index (χ2v) is 4.32. The molecular weight excluding hydrogens is 180 g/mol.